The lowest BCUT2D eigenvalue weighted by molar-refractivity contribution is 0.118. The van der Waals surface area contributed by atoms with Crippen LogP contribution >= 0.6 is 11.6 Å². The summed E-state index contributed by atoms with van der Waals surface area (Å²) < 4.78 is 0. The Kier molecular flexibility index (Phi) is 4.66. The third-order valence-corrected chi connectivity index (χ3v) is 3.70. The number of anilines is 1. The van der Waals surface area contributed by atoms with Gasteiger partial charge in [-0.05, 0) is 49.4 Å². The van der Waals surface area contributed by atoms with Gasteiger partial charge in [0.1, 0.15) is 0 Å². The van der Waals surface area contributed by atoms with Gasteiger partial charge in [-0.2, -0.15) is 0 Å². The Balaban J connectivity index is 1.84. The molecule has 0 spiro atoms. The molecular weight excluding hydrogens is 236 g/mol. The van der Waals surface area contributed by atoms with Crippen molar-refractivity contribution in [3.63, 3.8) is 0 Å². The van der Waals surface area contributed by atoms with Crippen LogP contribution < -0.4 is 10.8 Å². The lowest BCUT2D eigenvalue weighted by Crippen LogP contribution is -2.34. The zero-order chi connectivity index (χ0) is 12.1. The zero-order valence-corrected chi connectivity index (χ0v) is 10.7. The Hall–Kier alpha value is -0.770. The molecule has 1 aliphatic rings. The Morgan fingerprint density at radius 2 is 1.88 bits per heavy atom. The third kappa shape index (κ3) is 3.60. The van der Waals surface area contributed by atoms with E-state index in [2.05, 4.69) is 21.9 Å². The second-order valence-corrected chi connectivity index (χ2v) is 5.00. The Morgan fingerprint density at radius 1 is 1.24 bits per heavy atom. The van der Waals surface area contributed by atoms with Crippen molar-refractivity contribution in [1.29, 1.82) is 0 Å². The maximum Gasteiger partial charge on any atom is 0.0681 e. The van der Waals surface area contributed by atoms with Gasteiger partial charge < -0.3 is 9.74 Å². The molecular formula is C13H19ClN2O. The molecule has 1 aromatic rings. The molecule has 1 saturated heterocycles. The smallest absolute Gasteiger partial charge is 0.0681 e. The van der Waals surface area contributed by atoms with Crippen LogP contribution in [0.4, 0.5) is 5.69 Å². The SMILES string of the molecule is NOCCC1CCN(c2ccc(Cl)cc2)CC1. The third-order valence-electron chi connectivity index (χ3n) is 3.45. The normalized spacial score (nSPS) is 17.4. The first kappa shape index (κ1) is 12.7. The van der Waals surface area contributed by atoms with Crippen LogP contribution in [0.3, 0.4) is 0 Å². The molecule has 0 aliphatic carbocycles. The molecule has 0 bridgehead atoms. The van der Waals surface area contributed by atoms with E-state index in [0.29, 0.717) is 6.61 Å². The van der Waals surface area contributed by atoms with E-state index in [1.54, 1.807) is 0 Å². The molecule has 94 valence electrons. The van der Waals surface area contributed by atoms with E-state index in [4.69, 9.17) is 17.5 Å². The number of hydrogen-bond acceptors (Lipinski definition) is 3. The largest absolute Gasteiger partial charge is 0.372 e. The highest BCUT2D eigenvalue weighted by Gasteiger charge is 2.18. The van der Waals surface area contributed by atoms with Gasteiger partial charge >= 0.3 is 0 Å². The van der Waals surface area contributed by atoms with E-state index < -0.39 is 0 Å². The van der Waals surface area contributed by atoms with Crippen molar-refractivity contribution in [2.75, 3.05) is 24.6 Å². The highest BCUT2D eigenvalue weighted by atomic mass is 35.5. The van der Waals surface area contributed by atoms with Crippen molar-refractivity contribution in [1.82, 2.24) is 0 Å². The summed E-state index contributed by atoms with van der Waals surface area (Å²) in [6, 6.07) is 8.08. The van der Waals surface area contributed by atoms with Crippen LogP contribution in [0.1, 0.15) is 19.3 Å². The Morgan fingerprint density at radius 3 is 2.47 bits per heavy atom. The van der Waals surface area contributed by atoms with E-state index in [1.165, 1.54) is 18.5 Å². The molecule has 1 fully saturated rings. The van der Waals surface area contributed by atoms with Crippen LogP contribution in [0.5, 0.6) is 0 Å². The summed E-state index contributed by atoms with van der Waals surface area (Å²) in [5.74, 6) is 5.81. The van der Waals surface area contributed by atoms with Gasteiger partial charge in [0.2, 0.25) is 0 Å². The molecule has 1 heterocycles. The first-order valence-electron chi connectivity index (χ1n) is 6.12. The monoisotopic (exact) mass is 254 g/mol. The molecule has 1 aliphatic heterocycles. The fourth-order valence-electron chi connectivity index (χ4n) is 2.37. The van der Waals surface area contributed by atoms with Gasteiger partial charge in [-0.15, -0.1) is 0 Å². The van der Waals surface area contributed by atoms with Crippen molar-refractivity contribution in [3.8, 4) is 0 Å². The van der Waals surface area contributed by atoms with Crippen molar-refractivity contribution >= 4 is 17.3 Å². The molecule has 0 amide bonds. The average molecular weight is 255 g/mol. The predicted octanol–water partition coefficient (Wildman–Crippen LogP) is 2.84. The lowest BCUT2D eigenvalue weighted by Gasteiger charge is -2.33. The van der Waals surface area contributed by atoms with Gasteiger partial charge in [-0.3, -0.25) is 0 Å². The number of hydrogen-bond donors (Lipinski definition) is 1. The van der Waals surface area contributed by atoms with Gasteiger partial charge in [-0.1, -0.05) is 11.6 Å². The maximum absolute atomic E-state index is 5.89. The molecule has 17 heavy (non-hydrogen) atoms. The van der Waals surface area contributed by atoms with Gasteiger partial charge in [0.15, 0.2) is 0 Å². The second kappa shape index (κ2) is 6.24. The summed E-state index contributed by atoms with van der Waals surface area (Å²) >= 11 is 5.89. The van der Waals surface area contributed by atoms with Crippen LogP contribution in [-0.2, 0) is 4.84 Å². The van der Waals surface area contributed by atoms with Gasteiger partial charge in [0, 0.05) is 23.8 Å². The van der Waals surface area contributed by atoms with Gasteiger partial charge in [-0.25, -0.2) is 5.90 Å². The number of benzene rings is 1. The second-order valence-electron chi connectivity index (χ2n) is 4.57. The van der Waals surface area contributed by atoms with Crippen LogP contribution in [0, 0.1) is 5.92 Å². The Bertz CT molecular complexity index is 334. The number of halogens is 1. The molecule has 2 rings (SSSR count). The van der Waals surface area contributed by atoms with E-state index in [1.807, 2.05) is 12.1 Å². The highest BCUT2D eigenvalue weighted by molar-refractivity contribution is 6.30. The minimum Gasteiger partial charge on any atom is -0.372 e. The minimum atomic E-state index is 0.672. The predicted molar refractivity (Wildman–Crippen MR) is 71.1 cm³/mol. The Labute approximate surface area is 107 Å². The quantitative estimate of drug-likeness (QED) is 0.840. The van der Waals surface area contributed by atoms with Crippen LogP contribution in [0.15, 0.2) is 24.3 Å². The van der Waals surface area contributed by atoms with Crippen LogP contribution in [0.25, 0.3) is 0 Å². The van der Waals surface area contributed by atoms with Crippen molar-refractivity contribution in [2.24, 2.45) is 11.8 Å². The number of nitrogens with zero attached hydrogens (tertiary/aromatic N) is 1. The summed E-state index contributed by atoms with van der Waals surface area (Å²) in [4.78, 5) is 7.05. The standard InChI is InChI=1S/C13H19ClN2O/c14-12-1-3-13(4-2-12)16-8-5-11(6-9-16)7-10-17-15/h1-4,11H,5-10,15H2. The minimum absolute atomic E-state index is 0.672. The summed E-state index contributed by atoms with van der Waals surface area (Å²) in [6.07, 6.45) is 3.50. The fraction of sp³-hybridized carbons (Fsp3) is 0.538. The van der Waals surface area contributed by atoms with E-state index in [-0.39, 0.29) is 0 Å². The van der Waals surface area contributed by atoms with E-state index >= 15 is 0 Å². The first-order valence-corrected chi connectivity index (χ1v) is 6.49. The maximum atomic E-state index is 5.89. The molecule has 0 unspecified atom stereocenters. The molecule has 0 aromatic heterocycles. The number of nitrogens with two attached hydrogens (primary N) is 1. The van der Waals surface area contributed by atoms with Gasteiger partial charge in [0.05, 0.1) is 6.61 Å². The van der Waals surface area contributed by atoms with Crippen molar-refractivity contribution in [2.45, 2.75) is 19.3 Å². The number of piperidine rings is 1. The molecule has 0 atom stereocenters. The molecule has 2 N–H and O–H groups in total. The van der Waals surface area contributed by atoms with Gasteiger partial charge in [0.25, 0.3) is 0 Å². The topological polar surface area (TPSA) is 38.5 Å². The molecule has 0 saturated carbocycles. The van der Waals surface area contributed by atoms with E-state index in [0.717, 1.165) is 30.5 Å². The summed E-state index contributed by atoms with van der Waals surface area (Å²) in [5, 5.41) is 0.795. The average Bonchev–Trinajstić information content (AvgIpc) is 2.38. The molecule has 0 radical (unpaired) electrons. The highest BCUT2D eigenvalue weighted by Crippen LogP contribution is 2.25. The zero-order valence-electron chi connectivity index (χ0n) is 9.94. The summed E-state index contributed by atoms with van der Waals surface area (Å²) in [7, 11) is 0. The number of rotatable bonds is 4. The molecule has 1 aromatic carbocycles. The molecule has 4 heteroatoms. The fourth-order valence-corrected chi connectivity index (χ4v) is 2.49. The van der Waals surface area contributed by atoms with Crippen molar-refractivity contribution < 1.29 is 4.84 Å². The van der Waals surface area contributed by atoms with E-state index in [9.17, 15) is 0 Å². The first-order chi connectivity index (χ1) is 8.29. The van der Waals surface area contributed by atoms with Crippen molar-refractivity contribution in [3.05, 3.63) is 29.3 Å². The summed E-state index contributed by atoms with van der Waals surface area (Å²) in [5.41, 5.74) is 1.27. The van der Waals surface area contributed by atoms with Crippen LogP contribution in [-0.4, -0.2) is 19.7 Å². The lowest BCUT2D eigenvalue weighted by atomic mass is 9.93. The van der Waals surface area contributed by atoms with Crippen LogP contribution in [0.2, 0.25) is 5.02 Å². The molecule has 3 nitrogen and oxygen atoms in total. The summed E-state index contributed by atoms with van der Waals surface area (Å²) in [6.45, 7) is 2.89.